The van der Waals surface area contributed by atoms with Crippen molar-refractivity contribution in [2.75, 3.05) is 11.9 Å². The molecule has 0 radical (unpaired) electrons. The number of hydrogen-bond donors (Lipinski definition) is 2. The maximum Gasteiger partial charge on any atom is 0.226 e. The zero-order valence-corrected chi connectivity index (χ0v) is 11.5. The number of carbonyl (C=O) groups excluding carboxylic acids is 2. The molecule has 0 aliphatic heterocycles. The minimum atomic E-state index is -0.146. The molecule has 6 nitrogen and oxygen atoms in total. The summed E-state index contributed by atoms with van der Waals surface area (Å²) in [4.78, 5) is 27.1. The number of carbonyl (C=O) groups is 2. The lowest BCUT2D eigenvalue weighted by molar-refractivity contribution is -0.121. The molecule has 2 heterocycles. The lowest BCUT2D eigenvalue weighted by Crippen LogP contribution is -2.27. The van der Waals surface area contributed by atoms with Crippen molar-refractivity contribution in [3.05, 3.63) is 48.7 Å². The van der Waals surface area contributed by atoms with E-state index < -0.39 is 0 Å². The van der Waals surface area contributed by atoms with Crippen LogP contribution in [-0.2, 0) is 16.0 Å². The lowest BCUT2D eigenvalue weighted by atomic mass is 10.2. The van der Waals surface area contributed by atoms with Crippen LogP contribution in [0.25, 0.3) is 0 Å². The van der Waals surface area contributed by atoms with E-state index in [1.165, 1.54) is 0 Å². The normalized spacial score (nSPS) is 10.1. The zero-order chi connectivity index (χ0) is 14.9. The maximum atomic E-state index is 11.6. The van der Waals surface area contributed by atoms with Gasteiger partial charge in [0.25, 0.3) is 0 Å². The summed E-state index contributed by atoms with van der Waals surface area (Å²) in [6, 6.07) is 7.03. The first-order valence-corrected chi connectivity index (χ1v) is 6.73. The van der Waals surface area contributed by atoms with Crippen LogP contribution in [0.5, 0.6) is 0 Å². The highest BCUT2D eigenvalue weighted by Crippen LogP contribution is 2.04. The summed E-state index contributed by atoms with van der Waals surface area (Å²) in [7, 11) is 0. The van der Waals surface area contributed by atoms with Crippen molar-refractivity contribution >= 4 is 17.5 Å². The summed E-state index contributed by atoms with van der Waals surface area (Å²) < 4.78 is 5.14. The molecule has 0 aliphatic rings. The lowest BCUT2D eigenvalue weighted by Gasteiger charge is -2.06. The van der Waals surface area contributed by atoms with Crippen LogP contribution in [0.3, 0.4) is 0 Å². The third-order valence-electron chi connectivity index (χ3n) is 2.82. The molecular weight excluding hydrogens is 270 g/mol. The standard InChI is InChI=1S/C15H17N3O3/c19-14(4-3-13-2-1-11-21-13)17-10-7-15(20)18-12-5-8-16-9-6-12/h1-2,5-6,8-9,11H,3-4,7,10H2,(H,17,19)(H,16,18,20). The minimum Gasteiger partial charge on any atom is -0.469 e. The second-order valence-electron chi connectivity index (χ2n) is 4.46. The Morgan fingerprint density at radius 1 is 1.10 bits per heavy atom. The smallest absolute Gasteiger partial charge is 0.226 e. The summed E-state index contributed by atoms with van der Waals surface area (Å²) in [6.45, 7) is 0.313. The molecule has 0 aromatic carbocycles. The Labute approximate surface area is 122 Å². The van der Waals surface area contributed by atoms with E-state index in [-0.39, 0.29) is 18.2 Å². The highest BCUT2D eigenvalue weighted by molar-refractivity contribution is 5.91. The monoisotopic (exact) mass is 287 g/mol. The summed E-state index contributed by atoms with van der Waals surface area (Å²) in [5.74, 6) is 0.538. The molecule has 2 rings (SSSR count). The topological polar surface area (TPSA) is 84.2 Å². The fourth-order valence-corrected chi connectivity index (χ4v) is 1.75. The van der Waals surface area contributed by atoms with Gasteiger partial charge in [-0.2, -0.15) is 0 Å². The van der Waals surface area contributed by atoms with Gasteiger partial charge in [-0.05, 0) is 24.3 Å². The van der Waals surface area contributed by atoms with Crippen molar-refractivity contribution in [1.29, 1.82) is 0 Å². The third-order valence-corrected chi connectivity index (χ3v) is 2.82. The van der Waals surface area contributed by atoms with Gasteiger partial charge in [-0.15, -0.1) is 0 Å². The minimum absolute atomic E-state index is 0.0943. The van der Waals surface area contributed by atoms with Crippen LogP contribution in [0.4, 0.5) is 5.69 Å². The number of nitrogens with zero attached hydrogens (tertiary/aromatic N) is 1. The molecule has 0 bridgehead atoms. The number of nitrogens with one attached hydrogen (secondary N) is 2. The molecule has 0 fully saturated rings. The molecule has 21 heavy (non-hydrogen) atoms. The van der Waals surface area contributed by atoms with Gasteiger partial charge in [0.2, 0.25) is 11.8 Å². The molecule has 2 amide bonds. The number of aryl methyl sites for hydroxylation is 1. The van der Waals surface area contributed by atoms with Gasteiger partial charge in [-0.25, -0.2) is 0 Å². The van der Waals surface area contributed by atoms with Gasteiger partial charge >= 0.3 is 0 Å². The van der Waals surface area contributed by atoms with Crippen LogP contribution < -0.4 is 10.6 Å². The van der Waals surface area contributed by atoms with Crippen LogP contribution in [0.15, 0.2) is 47.3 Å². The van der Waals surface area contributed by atoms with Crippen LogP contribution >= 0.6 is 0 Å². The van der Waals surface area contributed by atoms with E-state index in [9.17, 15) is 9.59 Å². The second kappa shape index (κ2) is 7.84. The Hall–Kier alpha value is -2.63. The second-order valence-corrected chi connectivity index (χ2v) is 4.46. The number of aromatic nitrogens is 1. The largest absolute Gasteiger partial charge is 0.469 e. The molecule has 6 heteroatoms. The maximum absolute atomic E-state index is 11.6. The predicted molar refractivity (Wildman–Crippen MR) is 77.5 cm³/mol. The van der Waals surface area contributed by atoms with E-state index in [1.807, 2.05) is 6.07 Å². The summed E-state index contributed by atoms with van der Waals surface area (Å²) in [5, 5.41) is 5.43. The van der Waals surface area contributed by atoms with Crippen molar-refractivity contribution in [1.82, 2.24) is 10.3 Å². The van der Waals surface area contributed by atoms with Gasteiger partial charge in [0.05, 0.1) is 6.26 Å². The highest BCUT2D eigenvalue weighted by Gasteiger charge is 2.06. The van der Waals surface area contributed by atoms with Crippen molar-refractivity contribution in [2.24, 2.45) is 0 Å². The third kappa shape index (κ3) is 5.48. The van der Waals surface area contributed by atoms with E-state index >= 15 is 0 Å². The fraction of sp³-hybridized carbons (Fsp3) is 0.267. The Morgan fingerprint density at radius 3 is 2.62 bits per heavy atom. The Kier molecular flexibility index (Phi) is 5.51. The highest BCUT2D eigenvalue weighted by atomic mass is 16.3. The average molecular weight is 287 g/mol. The molecule has 0 saturated heterocycles. The number of hydrogen-bond acceptors (Lipinski definition) is 4. The Balaban J connectivity index is 1.60. The molecule has 0 saturated carbocycles. The summed E-state index contributed by atoms with van der Waals surface area (Å²) in [5.41, 5.74) is 0.694. The predicted octanol–water partition coefficient (Wildman–Crippen LogP) is 1.75. The number of rotatable bonds is 7. The van der Waals surface area contributed by atoms with Gasteiger partial charge < -0.3 is 15.1 Å². The fourth-order valence-electron chi connectivity index (χ4n) is 1.75. The number of amides is 2. The molecule has 0 spiro atoms. The molecule has 2 aromatic heterocycles. The first-order chi connectivity index (χ1) is 10.2. The van der Waals surface area contributed by atoms with Crippen molar-refractivity contribution < 1.29 is 14.0 Å². The molecule has 0 atom stereocenters. The summed E-state index contributed by atoms with van der Waals surface area (Å²) >= 11 is 0. The Bertz CT molecular complexity index is 567. The average Bonchev–Trinajstić information content (AvgIpc) is 2.99. The van der Waals surface area contributed by atoms with Crippen molar-refractivity contribution in [3.63, 3.8) is 0 Å². The van der Waals surface area contributed by atoms with E-state index in [0.29, 0.717) is 25.1 Å². The van der Waals surface area contributed by atoms with Gasteiger partial charge in [-0.1, -0.05) is 0 Å². The van der Waals surface area contributed by atoms with Gasteiger partial charge in [-0.3, -0.25) is 14.6 Å². The molecule has 0 aliphatic carbocycles. The van der Waals surface area contributed by atoms with Crippen LogP contribution in [0.1, 0.15) is 18.6 Å². The first kappa shape index (κ1) is 14.8. The quantitative estimate of drug-likeness (QED) is 0.812. The van der Waals surface area contributed by atoms with Crippen molar-refractivity contribution in [2.45, 2.75) is 19.3 Å². The van der Waals surface area contributed by atoms with E-state index in [1.54, 1.807) is 36.9 Å². The van der Waals surface area contributed by atoms with E-state index in [0.717, 1.165) is 5.76 Å². The van der Waals surface area contributed by atoms with E-state index in [4.69, 9.17) is 4.42 Å². The summed E-state index contributed by atoms with van der Waals surface area (Å²) in [6.07, 6.45) is 5.92. The molecule has 110 valence electrons. The molecule has 0 unspecified atom stereocenters. The Morgan fingerprint density at radius 2 is 1.90 bits per heavy atom. The number of furan rings is 1. The number of anilines is 1. The first-order valence-electron chi connectivity index (χ1n) is 6.73. The van der Waals surface area contributed by atoms with Crippen LogP contribution in [0, 0.1) is 0 Å². The molecule has 2 N–H and O–H groups in total. The SMILES string of the molecule is O=C(CCc1ccco1)NCCC(=O)Nc1ccncc1. The molecular formula is C15H17N3O3. The van der Waals surface area contributed by atoms with Crippen LogP contribution in [0.2, 0.25) is 0 Å². The van der Waals surface area contributed by atoms with Gasteiger partial charge in [0.15, 0.2) is 0 Å². The van der Waals surface area contributed by atoms with Gasteiger partial charge in [0, 0.05) is 43.9 Å². The van der Waals surface area contributed by atoms with Crippen LogP contribution in [-0.4, -0.2) is 23.3 Å². The van der Waals surface area contributed by atoms with E-state index in [2.05, 4.69) is 15.6 Å². The zero-order valence-electron chi connectivity index (χ0n) is 11.5. The van der Waals surface area contributed by atoms with Gasteiger partial charge in [0.1, 0.15) is 5.76 Å². The number of pyridine rings is 1. The van der Waals surface area contributed by atoms with Crippen molar-refractivity contribution in [3.8, 4) is 0 Å². The molecule has 2 aromatic rings.